The molecule has 0 saturated heterocycles. The summed E-state index contributed by atoms with van der Waals surface area (Å²) in [5.41, 5.74) is 0.570. The van der Waals surface area contributed by atoms with E-state index in [1.807, 2.05) is 0 Å². The first-order valence-electron chi connectivity index (χ1n) is 8.11. The van der Waals surface area contributed by atoms with Gasteiger partial charge >= 0.3 is 5.97 Å². The average Bonchev–Trinajstić information content (AvgIpc) is 2.59. The molecule has 2 atom stereocenters. The number of carbonyl (C=O) groups excluding carboxylic acids is 3. The standard InChI is InChI=1S/C18H23ClN2O5/c1-11(2)26-18(24)15(9-8-14(22)10-20)21-17(23)16(25-3)12-4-6-13(19)7-5-12/h4-7,10-11,15-16,20H,8-9H2,1-3H3,(H,21,23)/t15-,16-/m0/s1. The third-order valence-electron chi connectivity index (χ3n) is 3.44. The molecule has 2 N–H and O–H groups in total. The maximum Gasteiger partial charge on any atom is 0.328 e. The van der Waals surface area contributed by atoms with Gasteiger partial charge in [0.25, 0.3) is 5.91 Å². The zero-order valence-electron chi connectivity index (χ0n) is 15.0. The molecule has 1 rings (SSSR count). The van der Waals surface area contributed by atoms with Gasteiger partial charge in [0, 0.05) is 18.6 Å². The van der Waals surface area contributed by atoms with E-state index in [0.717, 1.165) is 0 Å². The van der Waals surface area contributed by atoms with Gasteiger partial charge in [-0.1, -0.05) is 23.7 Å². The summed E-state index contributed by atoms with van der Waals surface area (Å²) < 4.78 is 10.4. The van der Waals surface area contributed by atoms with E-state index in [1.54, 1.807) is 38.1 Å². The number of hydrogen-bond acceptors (Lipinski definition) is 6. The number of methoxy groups -OCH3 is 1. The molecule has 8 heteroatoms. The highest BCUT2D eigenvalue weighted by Crippen LogP contribution is 2.20. The summed E-state index contributed by atoms with van der Waals surface area (Å²) in [7, 11) is 1.37. The molecule has 26 heavy (non-hydrogen) atoms. The predicted molar refractivity (Wildman–Crippen MR) is 97.4 cm³/mol. The number of ketones is 1. The molecule has 0 bridgehead atoms. The van der Waals surface area contributed by atoms with Gasteiger partial charge in [-0.15, -0.1) is 0 Å². The second-order valence-electron chi connectivity index (χ2n) is 5.86. The highest BCUT2D eigenvalue weighted by Gasteiger charge is 2.28. The van der Waals surface area contributed by atoms with Crippen LogP contribution in [0.3, 0.4) is 0 Å². The molecule has 0 saturated carbocycles. The van der Waals surface area contributed by atoms with Crippen molar-refractivity contribution in [3.63, 3.8) is 0 Å². The Morgan fingerprint density at radius 1 is 1.23 bits per heavy atom. The zero-order valence-corrected chi connectivity index (χ0v) is 15.7. The molecule has 0 aliphatic heterocycles. The first-order chi connectivity index (χ1) is 12.3. The average molecular weight is 383 g/mol. The van der Waals surface area contributed by atoms with E-state index in [2.05, 4.69) is 5.32 Å². The Morgan fingerprint density at radius 2 is 1.85 bits per heavy atom. The van der Waals surface area contributed by atoms with Gasteiger partial charge < -0.3 is 20.2 Å². The highest BCUT2D eigenvalue weighted by molar-refractivity contribution is 6.30. The molecule has 0 spiro atoms. The lowest BCUT2D eigenvalue weighted by atomic mass is 10.1. The Hall–Kier alpha value is -2.25. The summed E-state index contributed by atoms with van der Waals surface area (Å²) in [5.74, 6) is -1.62. The predicted octanol–water partition coefficient (Wildman–Crippen LogP) is 2.46. The number of amides is 1. The van der Waals surface area contributed by atoms with Crippen LogP contribution in [0.15, 0.2) is 24.3 Å². The van der Waals surface area contributed by atoms with Crippen molar-refractivity contribution in [2.24, 2.45) is 0 Å². The van der Waals surface area contributed by atoms with Gasteiger partial charge in [-0.3, -0.25) is 9.59 Å². The Morgan fingerprint density at radius 3 is 2.35 bits per heavy atom. The van der Waals surface area contributed by atoms with Gasteiger partial charge in [0.15, 0.2) is 11.9 Å². The van der Waals surface area contributed by atoms with Crippen LogP contribution in [-0.2, 0) is 23.9 Å². The molecule has 0 aromatic heterocycles. The van der Waals surface area contributed by atoms with E-state index >= 15 is 0 Å². The van der Waals surface area contributed by atoms with Crippen molar-refractivity contribution in [1.29, 1.82) is 5.41 Å². The molecule has 7 nitrogen and oxygen atoms in total. The molecule has 1 aromatic carbocycles. The number of esters is 1. The first-order valence-corrected chi connectivity index (χ1v) is 8.48. The zero-order chi connectivity index (χ0) is 19.7. The van der Waals surface area contributed by atoms with Crippen LogP contribution in [0.25, 0.3) is 0 Å². The Bertz CT molecular complexity index is 645. The number of halogens is 1. The molecule has 0 aliphatic rings. The normalized spacial score (nSPS) is 13.0. The Kier molecular flexibility index (Phi) is 8.95. The third kappa shape index (κ3) is 6.93. The molecule has 0 radical (unpaired) electrons. The van der Waals surface area contributed by atoms with Crippen LogP contribution in [-0.4, -0.2) is 43.1 Å². The molecular weight excluding hydrogens is 360 g/mol. The number of nitrogens with one attached hydrogen (secondary N) is 2. The highest BCUT2D eigenvalue weighted by atomic mass is 35.5. The van der Waals surface area contributed by atoms with E-state index in [4.69, 9.17) is 26.5 Å². The van der Waals surface area contributed by atoms with Gasteiger partial charge in [-0.05, 0) is 38.0 Å². The van der Waals surface area contributed by atoms with Crippen LogP contribution in [0.4, 0.5) is 0 Å². The van der Waals surface area contributed by atoms with Crippen LogP contribution >= 0.6 is 11.6 Å². The minimum Gasteiger partial charge on any atom is -0.461 e. The molecule has 142 valence electrons. The van der Waals surface area contributed by atoms with Crippen LogP contribution in [0.2, 0.25) is 5.02 Å². The van der Waals surface area contributed by atoms with Crippen LogP contribution < -0.4 is 5.32 Å². The summed E-state index contributed by atoms with van der Waals surface area (Å²) in [4.78, 5) is 36.1. The molecule has 0 heterocycles. The fourth-order valence-electron chi connectivity index (χ4n) is 2.20. The Balaban J connectivity index is 2.89. The van der Waals surface area contributed by atoms with Gasteiger partial charge in [-0.25, -0.2) is 4.79 Å². The minimum absolute atomic E-state index is 0.0303. The molecule has 0 aliphatic carbocycles. The quantitative estimate of drug-likeness (QED) is 0.477. The van der Waals surface area contributed by atoms with E-state index in [1.165, 1.54) is 7.11 Å². The van der Waals surface area contributed by atoms with E-state index in [9.17, 15) is 14.4 Å². The summed E-state index contributed by atoms with van der Waals surface area (Å²) in [6, 6.07) is 5.54. The topological polar surface area (TPSA) is 106 Å². The Labute approximate surface area is 157 Å². The van der Waals surface area contributed by atoms with Crippen LogP contribution in [0.5, 0.6) is 0 Å². The number of hydrogen-bond donors (Lipinski definition) is 2. The van der Waals surface area contributed by atoms with Crippen molar-refractivity contribution >= 4 is 35.5 Å². The number of carbonyl (C=O) groups is 3. The molecule has 0 fully saturated rings. The minimum atomic E-state index is -1.02. The number of benzene rings is 1. The SMILES string of the molecule is CO[C@H](C(=O)N[C@@H](CCC(=O)C=N)C(=O)OC(C)C)c1ccc(Cl)cc1. The van der Waals surface area contributed by atoms with Gasteiger partial charge in [-0.2, -0.15) is 0 Å². The molecular formula is C18H23ClN2O5. The fourth-order valence-corrected chi connectivity index (χ4v) is 2.33. The molecule has 0 unspecified atom stereocenters. The maximum atomic E-state index is 12.6. The summed E-state index contributed by atoms with van der Waals surface area (Å²) >= 11 is 5.85. The smallest absolute Gasteiger partial charge is 0.328 e. The lowest BCUT2D eigenvalue weighted by molar-refractivity contribution is -0.152. The number of rotatable bonds is 10. The van der Waals surface area contributed by atoms with Crippen molar-refractivity contribution in [2.45, 2.75) is 44.9 Å². The summed E-state index contributed by atoms with van der Waals surface area (Å²) in [5, 5.41) is 10.0. The lowest BCUT2D eigenvalue weighted by Gasteiger charge is -2.22. The van der Waals surface area contributed by atoms with Gasteiger partial charge in [0.05, 0.1) is 12.3 Å². The van der Waals surface area contributed by atoms with Gasteiger partial charge in [0.1, 0.15) is 6.04 Å². The van der Waals surface area contributed by atoms with Gasteiger partial charge in [0.2, 0.25) is 0 Å². The monoisotopic (exact) mass is 382 g/mol. The van der Waals surface area contributed by atoms with E-state index in [-0.39, 0.29) is 18.9 Å². The number of Topliss-reactive ketones (excluding diaryl/α,β-unsaturated/α-hetero) is 1. The van der Waals surface area contributed by atoms with E-state index < -0.39 is 29.8 Å². The fraction of sp³-hybridized carbons (Fsp3) is 0.444. The van der Waals surface area contributed by atoms with Crippen molar-refractivity contribution in [1.82, 2.24) is 5.32 Å². The summed E-state index contributed by atoms with van der Waals surface area (Å²) in [6.07, 6.45) is -0.656. The maximum absolute atomic E-state index is 12.6. The third-order valence-corrected chi connectivity index (χ3v) is 3.69. The van der Waals surface area contributed by atoms with Crippen LogP contribution in [0, 0.1) is 5.41 Å². The van der Waals surface area contributed by atoms with Crippen molar-refractivity contribution < 1.29 is 23.9 Å². The number of ether oxygens (including phenoxy) is 2. The molecule has 1 aromatic rings. The largest absolute Gasteiger partial charge is 0.461 e. The summed E-state index contributed by atoms with van der Waals surface area (Å²) in [6.45, 7) is 3.37. The molecule has 1 amide bonds. The first kappa shape index (κ1) is 21.8. The van der Waals surface area contributed by atoms with Crippen molar-refractivity contribution in [2.75, 3.05) is 7.11 Å². The van der Waals surface area contributed by atoms with Crippen molar-refractivity contribution in [3.8, 4) is 0 Å². The van der Waals surface area contributed by atoms with Crippen molar-refractivity contribution in [3.05, 3.63) is 34.9 Å². The second-order valence-corrected chi connectivity index (χ2v) is 6.30. The lowest BCUT2D eigenvalue weighted by Crippen LogP contribution is -2.45. The van der Waals surface area contributed by atoms with E-state index in [0.29, 0.717) is 16.8 Å². The van der Waals surface area contributed by atoms with Crippen LogP contribution in [0.1, 0.15) is 38.4 Å². The second kappa shape index (κ2) is 10.7.